The molecule has 1 amide bonds. The zero-order chi connectivity index (χ0) is 19.4. The summed E-state index contributed by atoms with van der Waals surface area (Å²) in [4.78, 5) is 20.8. The van der Waals surface area contributed by atoms with Crippen molar-refractivity contribution in [3.63, 3.8) is 0 Å². The van der Waals surface area contributed by atoms with Crippen LogP contribution in [-0.2, 0) is 16.3 Å². The Kier molecular flexibility index (Phi) is 5.69. The number of amides is 1. The average Bonchev–Trinajstić information content (AvgIpc) is 2.94. The van der Waals surface area contributed by atoms with Crippen LogP contribution in [0.5, 0.6) is 0 Å². The molecular formula is C18H21FN4O3S. The molecule has 3 rings (SSSR count). The molecule has 0 spiro atoms. The van der Waals surface area contributed by atoms with Crippen molar-refractivity contribution in [3.05, 3.63) is 53.2 Å². The Balaban J connectivity index is 1.60. The molecule has 2 heterocycles. The molecule has 2 N–H and O–H groups in total. The van der Waals surface area contributed by atoms with Crippen molar-refractivity contribution in [3.8, 4) is 0 Å². The van der Waals surface area contributed by atoms with E-state index in [4.69, 9.17) is 0 Å². The number of rotatable bonds is 6. The van der Waals surface area contributed by atoms with Gasteiger partial charge in [0, 0.05) is 18.7 Å². The van der Waals surface area contributed by atoms with Gasteiger partial charge in [0.15, 0.2) is 9.84 Å². The molecule has 0 radical (unpaired) electrons. The predicted molar refractivity (Wildman–Crippen MR) is 99.9 cm³/mol. The number of hydrogen-bond acceptors (Lipinski definition) is 6. The Hall–Kier alpha value is -2.55. The summed E-state index contributed by atoms with van der Waals surface area (Å²) in [5.74, 6) is 0.315. The van der Waals surface area contributed by atoms with Crippen molar-refractivity contribution in [2.45, 2.75) is 25.8 Å². The summed E-state index contributed by atoms with van der Waals surface area (Å²) in [6, 6.07) is 7.42. The van der Waals surface area contributed by atoms with E-state index >= 15 is 0 Å². The molecule has 9 heteroatoms. The minimum atomic E-state index is -3.06. The number of nitrogens with one attached hydrogen (secondary N) is 2. The van der Waals surface area contributed by atoms with Crippen LogP contribution >= 0.6 is 0 Å². The van der Waals surface area contributed by atoms with E-state index in [1.54, 1.807) is 19.1 Å². The Bertz CT molecular complexity index is 932. The molecule has 144 valence electrons. The van der Waals surface area contributed by atoms with Crippen LogP contribution in [0.2, 0.25) is 0 Å². The highest BCUT2D eigenvalue weighted by Gasteiger charge is 2.29. The summed E-state index contributed by atoms with van der Waals surface area (Å²) in [6.45, 7) is 2.24. The van der Waals surface area contributed by atoms with Crippen molar-refractivity contribution in [2.24, 2.45) is 0 Å². The lowest BCUT2D eigenvalue weighted by Gasteiger charge is -2.12. The molecule has 0 saturated carbocycles. The lowest BCUT2D eigenvalue weighted by atomic mass is 10.1. The van der Waals surface area contributed by atoms with Gasteiger partial charge in [-0.2, -0.15) is 0 Å². The first-order valence-electron chi connectivity index (χ1n) is 8.66. The maximum atomic E-state index is 12.9. The fraction of sp³-hybridized carbons (Fsp3) is 0.389. The van der Waals surface area contributed by atoms with Crippen molar-refractivity contribution in [1.82, 2.24) is 15.3 Å². The molecule has 0 aliphatic carbocycles. The van der Waals surface area contributed by atoms with Crippen LogP contribution in [0, 0.1) is 12.7 Å². The number of anilines is 1. The summed E-state index contributed by atoms with van der Waals surface area (Å²) in [7, 11) is -3.06. The molecule has 1 aliphatic heterocycles. The zero-order valence-corrected chi connectivity index (χ0v) is 15.7. The van der Waals surface area contributed by atoms with Crippen LogP contribution in [0.25, 0.3) is 0 Å². The largest absolute Gasteiger partial charge is 0.370 e. The SMILES string of the molecule is Cc1nc(NCCc2ccc(F)cc2)cc(C(=O)NC2CCS(=O)(=O)C2)n1. The Morgan fingerprint density at radius 1 is 1.26 bits per heavy atom. The van der Waals surface area contributed by atoms with Crippen LogP contribution < -0.4 is 10.6 Å². The number of carbonyl (C=O) groups is 1. The van der Waals surface area contributed by atoms with Crippen LogP contribution in [-0.4, -0.2) is 48.4 Å². The van der Waals surface area contributed by atoms with Crippen LogP contribution in [0.1, 0.15) is 28.3 Å². The molecule has 27 heavy (non-hydrogen) atoms. The standard InChI is InChI=1S/C18H21FN4O3S/c1-12-21-16(18(24)23-15-7-9-27(25,26)11-15)10-17(22-12)20-8-6-13-2-4-14(19)5-3-13/h2-5,10,15H,6-9,11H2,1H3,(H,23,24)(H,20,21,22). The van der Waals surface area contributed by atoms with Gasteiger partial charge in [-0.25, -0.2) is 22.8 Å². The third-order valence-electron chi connectivity index (χ3n) is 4.27. The molecule has 1 atom stereocenters. The van der Waals surface area contributed by atoms with Crippen molar-refractivity contribution >= 4 is 21.6 Å². The molecule has 1 saturated heterocycles. The number of nitrogens with zero attached hydrogens (tertiary/aromatic N) is 2. The molecule has 1 aliphatic rings. The summed E-state index contributed by atoms with van der Waals surface area (Å²) >= 11 is 0. The number of aromatic nitrogens is 2. The fourth-order valence-corrected chi connectivity index (χ4v) is 4.60. The molecule has 1 unspecified atom stereocenters. The van der Waals surface area contributed by atoms with E-state index in [0.717, 1.165) is 5.56 Å². The van der Waals surface area contributed by atoms with E-state index in [0.29, 0.717) is 31.0 Å². The number of benzene rings is 1. The first-order chi connectivity index (χ1) is 12.8. The Labute approximate surface area is 157 Å². The highest BCUT2D eigenvalue weighted by molar-refractivity contribution is 7.91. The van der Waals surface area contributed by atoms with E-state index in [9.17, 15) is 17.6 Å². The van der Waals surface area contributed by atoms with Gasteiger partial charge in [0.2, 0.25) is 0 Å². The highest BCUT2D eigenvalue weighted by Crippen LogP contribution is 2.13. The number of sulfone groups is 1. The summed E-state index contributed by atoms with van der Waals surface area (Å²) in [6.07, 6.45) is 1.09. The van der Waals surface area contributed by atoms with Gasteiger partial charge in [-0.15, -0.1) is 0 Å². The van der Waals surface area contributed by atoms with Gasteiger partial charge < -0.3 is 10.6 Å². The Morgan fingerprint density at radius 2 is 2.00 bits per heavy atom. The van der Waals surface area contributed by atoms with Crippen LogP contribution in [0.4, 0.5) is 10.2 Å². The molecule has 7 nitrogen and oxygen atoms in total. The summed E-state index contributed by atoms with van der Waals surface area (Å²) < 4.78 is 35.9. The zero-order valence-electron chi connectivity index (χ0n) is 14.9. The molecule has 2 aromatic rings. The topological polar surface area (TPSA) is 101 Å². The fourth-order valence-electron chi connectivity index (χ4n) is 2.93. The van der Waals surface area contributed by atoms with E-state index in [1.807, 2.05) is 0 Å². The van der Waals surface area contributed by atoms with Gasteiger partial charge in [-0.05, 0) is 37.5 Å². The molecule has 1 fully saturated rings. The normalized spacial score (nSPS) is 18.2. The van der Waals surface area contributed by atoms with Gasteiger partial charge in [0.25, 0.3) is 5.91 Å². The number of aryl methyl sites for hydroxylation is 1. The van der Waals surface area contributed by atoms with Gasteiger partial charge in [-0.1, -0.05) is 12.1 Å². The second-order valence-electron chi connectivity index (χ2n) is 6.56. The van der Waals surface area contributed by atoms with E-state index in [-0.39, 0.29) is 29.1 Å². The monoisotopic (exact) mass is 392 g/mol. The van der Waals surface area contributed by atoms with Gasteiger partial charge >= 0.3 is 0 Å². The van der Waals surface area contributed by atoms with E-state index in [2.05, 4.69) is 20.6 Å². The third kappa shape index (κ3) is 5.46. The lowest BCUT2D eigenvalue weighted by molar-refractivity contribution is 0.0935. The summed E-state index contributed by atoms with van der Waals surface area (Å²) in [5.41, 5.74) is 1.17. The minimum absolute atomic E-state index is 0.0361. The maximum Gasteiger partial charge on any atom is 0.270 e. The second-order valence-corrected chi connectivity index (χ2v) is 8.79. The molecule has 1 aromatic heterocycles. The van der Waals surface area contributed by atoms with Crippen LogP contribution in [0.15, 0.2) is 30.3 Å². The quantitative estimate of drug-likeness (QED) is 0.773. The average molecular weight is 392 g/mol. The van der Waals surface area contributed by atoms with Gasteiger partial charge in [0.1, 0.15) is 23.2 Å². The second kappa shape index (κ2) is 7.99. The smallest absolute Gasteiger partial charge is 0.270 e. The molecular weight excluding hydrogens is 371 g/mol. The van der Waals surface area contributed by atoms with Gasteiger partial charge in [-0.3, -0.25) is 4.79 Å². The molecule has 0 bridgehead atoms. The number of halogens is 1. The number of carbonyl (C=O) groups excluding carboxylic acids is 1. The van der Waals surface area contributed by atoms with E-state index in [1.165, 1.54) is 18.2 Å². The van der Waals surface area contributed by atoms with Crippen LogP contribution in [0.3, 0.4) is 0 Å². The first-order valence-corrected chi connectivity index (χ1v) is 10.5. The van der Waals surface area contributed by atoms with E-state index < -0.39 is 15.7 Å². The predicted octanol–water partition coefficient (Wildman–Crippen LogP) is 1.50. The lowest BCUT2D eigenvalue weighted by Crippen LogP contribution is -2.36. The maximum absolute atomic E-state index is 12.9. The first kappa shape index (κ1) is 19.2. The highest BCUT2D eigenvalue weighted by atomic mass is 32.2. The number of hydrogen-bond donors (Lipinski definition) is 2. The minimum Gasteiger partial charge on any atom is -0.370 e. The Morgan fingerprint density at radius 3 is 2.67 bits per heavy atom. The van der Waals surface area contributed by atoms with Gasteiger partial charge in [0.05, 0.1) is 11.5 Å². The summed E-state index contributed by atoms with van der Waals surface area (Å²) in [5, 5.41) is 5.85. The molecule has 1 aromatic carbocycles. The van der Waals surface area contributed by atoms with Crippen molar-refractivity contribution in [1.29, 1.82) is 0 Å². The van der Waals surface area contributed by atoms with Crippen molar-refractivity contribution in [2.75, 3.05) is 23.4 Å². The van der Waals surface area contributed by atoms with Crippen molar-refractivity contribution < 1.29 is 17.6 Å². The third-order valence-corrected chi connectivity index (χ3v) is 6.04.